The van der Waals surface area contributed by atoms with E-state index >= 15 is 0 Å². The van der Waals surface area contributed by atoms with E-state index < -0.39 is 5.97 Å². The molecule has 1 heterocycles. The highest BCUT2D eigenvalue weighted by atomic mass is 35.5. The van der Waals surface area contributed by atoms with Crippen molar-refractivity contribution in [2.45, 2.75) is 13.3 Å². The zero-order chi connectivity index (χ0) is 7.56. The Kier molecular flexibility index (Phi) is 4.07. The first-order valence-corrected chi connectivity index (χ1v) is 3.79. The van der Waals surface area contributed by atoms with Gasteiger partial charge in [0.1, 0.15) is 0 Å². The molecule has 0 amide bonds. The monoisotopic (exact) mass is 193 g/mol. The molecule has 1 aromatic rings. The second-order valence-electron chi connectivity index (χ2n) is 1.79. The summed E-state index contributed by atoms with van der Waals surface area (Å²) < 4.78 is 0. The maximum atomic E-state index is 10.3. The van der Waals surface area contributed by atoms with Crippen LogP contribution in [0, 0.1) is 0 Å². The van der Waals surface area contributed by atoms with Gasteiger partial charge in [-0.05, 0) is 6.42 Å². The summed E-state index contributed by atoms with van der Waals surface area (Å²) in [6.07, 6.45) is 0.804. The summed E-state index contributed by atoms with van der Waals surface area (Å²) in [6, 6.07) is 0. The smallest absolute Gasteiger partial charge is 0.355 e. The largest absolute Gasteiger partial charge is 0.476 e. The van der Waals surface area contributed by atoms with Gasteiger partial charge in [-0.3, -0.25) is 0 Å². The Bertz CT molecular complexity index is 248. The first kappa shape index (κ1) is 10.4. The number of hydrogen-bond acceptors (Lipinski definition) is 3. The lowest BCUT2D eigenvalue weighted by molar-refractivity contribution is 0.0691. The molecule has 0 spiro atoms. The molecule has 1 N–H and O–H groups in total. The minimum absolute atomic E-state index is 0. The fourth-order valence-electron chi connectivity index (χ4n) is 0.572. The van der Waals surface area contributed by atoms with Crippen molar-refractivity contribution in [3.8, 4) is 0 Å². The van der Waals surface area contributed by atoms with E-state index in [1.807, 2.05) is 6.92 Å². The van der Waals surface area contributed by atoms with Crippen LogP contribution in [-0.4, -0.2) is 16.1 Å². The number of rotatable bonds is 2. The maximum absolute atomic E-state index is 10.3. The Morgan fingerprint density at radius 2 is 2.45 bits per heavy atom. The lowest BCUT2D eigenvalue weighted by Crippen LogP contribution is -1.95. The van der Waals surface area contributed by atoms with E-state index in [1.54, 1.807) is 5.38 Å². The number of aromatic carboxylic acids is 1. The summed E-state index contributed by atoms with van der Waals surface area (Å²) in [5.74, 6) is -0.948. The van der Waals surface area contributed by atoms with Gasteiger partial charge in [-0.15, -0.1) is 23.7 Å². The molecule has 3 nitrogen and oxygen atoms in total. The van der Waals surface area contributed by atoms with Crippen LogP contribution in [0.2, 0.25) is 0 Å². The molecular weight excluding hydrogens is 186 g/mol. The van der Waals surface area contributed by atoms with Gasteiger partial charge in [-0.25, -0.2) is 9.78 Å². The van der Waals surface area contributed by atoms with Gasteiger partial charge in [-0.1, -0.05) is 6.92 Å². The normalized spacial score (nSPS) is 8.82. The molecule has 1 aromatic heterocycles. The van der Waals surface area contributed by atoms with E-state index in [0.717, 1.165) is 11.4 Å². The van der Waals surface area contributed by atoms with Gasteiger partial charge in [0.15, 0.2) is 5.69 Å². The lowest BCUT2D eigenvalue weighted by atomic mass is 10.5. The molecule has 0 bridgehead atoms. The van der Waals surface area contributed by atoms with Crippen LogP contribution in [-0.2, 0) is 6.42 Å². The molecule has 0 aliphatic carbocycles. The Labute approximate surface area is 74.5 Å². The molecule has 0 aliphatic heterocycles. The molecule has 11 heavy (non-hydrogen) atoms. The van der Waals surface area contributed by atoms with Gasteiger partial charge in [0.05, 0.1) is 5.01 Å². The number of aromatic nitrogens is 1. The van der Waals surface area contributed by atoms with E-state index in [0.29, 0.717) is 0 Å². The van der Waals surface area contributed by atoms with Crippen LogP contribution >= 0.6 is 23.7 Å². The number of carboxylic acids is 1. The maximum Gasteiger partial charge on any atom is 0.355 e. The Morgan fingerprint density at radius 3 is 2.73 bits per heavy atom. The zero-order valence-electron chi connectivity index (χ0n) is 5.90. The lowest BCUT2D eigenvalue weighted by Gasteiger charge is -1.82. The number of hydrogen-bond donors (Lipinski definition) is 1. The number of nitrogens with zero attached hydrogens (tertiary/aromatic N) is 1. The molecule has 0 saturated carbocycles. The Balaban J connectivity index is 0.000001000. The van der Waals surface area contributed by atoms with Crippen LogP contribution in [0.25, 0.3) is 0 Å². The average Bonchev–Trinajstić information content (AvgIpc) is 2.34. The van der Waals surface area contributed by atoms with Crippen molar-refractivity contribution in [1.29, 1.82) is 0 Å². The van der Waals surface area contributed by atoms with Crippen LogP contribution in [0.1, 0.15) is 22.4 Å². The van der Waals surface area contributed by atoms with Gasteiger partial charge in [-0.2, -0.15) is 0 Å². The van der Waals surface area contributed by atoms with E-state index in [2.05, 4.69) is 4.98 Å². The summed E-state index contributed by atoms with van der Waals surface area (Å²) in [5.41, 5.74) is 0.154. The van der Waals surface area contributed by atoms with Crippen LogP contribution in [0.5, 0.6) is 0 Å². The quantitative estimate of drug-likeness (QED) is 0.780. The van der Waals surface area contributed by atoms with E-state index in [4.69, 9.17) is 5.11 Å². The van der Waals surface area contributed by atoms with Gasteiger partial charge in [0.2, 0.25) is 0 Å². The standard InChI is InChI=1S/C6H7NO2S.ClH/c1-2-5-7-4(3-10-5)6(8)9;/h3H,2H2,1H3,(H,8,9);1H. The minimum atomic E-state index is -0.948. The number of aryl methyl sites for hydroxylation is 1. The SMILES string of the molecule is CCc1nc(C(=O)O)cs1.Cl. The highest BCUT2D eigenvalue weighted by Gasteiger charge is 2.05. The third-order valence-corrected chi connectivity index (χ3v) is 2.07. The Hall–Kier alpha value is -0.610. The van der Waals surface area contributed by atoms with Gasteiger partial charge in [0.25, 0.3) is 0 Å². The summed E-state index contributed by atoms with van der Waals surface area (Å²) in [7, 11) is 0. The molecule has 0 unspecified atom stereocenters. The highest BCUT2D eigenvalue weighted by molar-refractivity contribution is 7.09. The fourth-order valence-corrected chi connectivity index (χ4v) is 1.29. The van der Waals surface area contributed by atoms with Crippen LogP contribution in [0.15, 0.2) is 5.38 Å². The van der Waals surface area contributed by atoms with Crippen molar-refractivity contribution in [1.82, 2.24) is 4.98 Å². The summed E-state index contributed by atoms with van der Waals surface area (Å²) in [4.78, 5) is 14.1. The van der Waals surface area contributed by atoms with Crippen molar-refractivity contribution < 1.29 is 9.90 Å². The van der Waals surface area contributed by atoms with Gasteiger partial charge in [0, 0.05) is 5.38 Å². The fraction of sp³-hybridized carbons (Fsp3) is 0.333. The number of thiazole rings is 1. The van der Waals surface area contributed by atoms with E-state index in [9.17, 15) is 4.79 Å². The molecule has 0 fully saturated rings. The molecule has 5 heteroatoms. The molecule has 0 atom stereocenters. The molecule has 0 aromatic carbocycles. The number of halogens is 1. The topological polar surface area (TPSA) is 50.2 Å². The molecular formula is C6H8ClNO2S. The van der Waals surface area contributed by atoms with E-state index in [-0.39, 0.29) is 18.1 Å². The first-order valence-electron chi connectivity index (χ1n) is 2.91. The van der Waals surface area contributed by atoms with E-state index in [1.165, 1.54) is 11.3 Å². The van der Waals surface area contributed by atoms with Gasteiger partial charge >= 0.3 is 5.97 Å². The van der Waals surface area contributed by atoms with Crippen LogP contribution in [0.4, 0.5) is 0 Å². The second-order valence-corrected chi connectivity index (χ2v) is 2.73. The van der Waals surface area contributed by atoms with Crippen molar-refractivity contribution >= 4 is 29.7 Å². The summed E-state index contributed by atoms with van der Waals surface area (Å²) >= 11 is 1.39. The number of carbonyl (C=O) groups is 1. The summed E-state index contributed by atoms with van der Waals surface area (Å²) in [6.45, 7) is 1.95. The summed E-state index contributed by atoms with van der Waals surface area (Å²) in [5, 5.41) is 10.9. The predicted octanol–water partition coefficient (Wildman–Crippen LogP) is 1.83. The van der Waals surface area contributed by atoms with Crippen LogP contribution in [0.3, 0.4) is 0 Å². The Morgan fingerprint density at radius 1 is 1.82 bits per heavy atom. The highest BCUT2D eigenvalue weighted by Crippen LogP contribution is 2.09. The van der Waals surface area contributed by atoms with Crippen molar-refractivity contribution in [3.05, 3.63) is 16.1 Å². The third kappa shape index (κ3) is 2.48. The first-order chi connectivity index (χ1) is 4.74. The van der Waals surface area contributed by atoms with Gasteiger partial charge < -0.3 is 5.11 Å². The molecule has 0 radical (unpaired) electrons. The average molecular weight is 194 g/mol. The predicted molar refractivity (Wildman–Crippen MR) is 45.7 cm³/mol. The molecule has 62 valence electrons. The number of carboxylic acid groups (broad SMARTS) is 1. The van der Waals surface area contributed by atoms with Crippen LogP contribution < -0.4 is 0 Å². The third-order valence-electron chi connectivity index (χ3n) is 1.07. The van der Waals surface area contributed by atoms with Crippen molar-refractivity contribution in [3.63, 3.8) is 0 Å². The minimum Gasteiger partial charge on any atom is -0.476 e. The van der Waals surface area contributed by atoms with Crippen molar-refractivity contribution in [2.24, 2.45) is 0 Å². The molecule has 0 aliphatic rings. The van der Waals surface area contributed by atoms with Crippen molar-refractivity contribution in [2.75, 3.05) is 0 Å². The second kappa shape index (κ2) is 4.31. The zero-order valence-corrected chi connectivity index (χ0v) is 7.54. The molecule has 0 saturated heterocycles. The molecule has 1 rings (SSSR count).